The normalized spacial score (nSPS) is 21.8. The number of para-hydroxylation sites is 1. The van der Waals surface area contributed by atoms with Crippen LogP contribution in [0, 0.1) is 15.5 Å². The van der Waals surface area contributed by atoms with E-state index < -0.39 is 4.92 Å². The molecule has 0 aliphatic heterocycles. The van der Waals surface area contributed by atoms with Crippen LogP contribution in [0.15, 0.2) is 18.2 Å². The van der Waals surface area contributed by atoms with E-state index in [0.717, 1.165) is 19.3 Å². The molecule has 1 aliphatic carbocycles. The summed E-state index contributed by atoms with van der Waals surface area (Å²) in [7, 11) is 0. The van der Waals surface area contributed by atoms with E-state index in [2.05, 4.69) is 19.2 Å². The maximum Gasteiger partial charge on any atom is 0.314 e. The third-order valence-electron chi connectivity index (χ3n) is 3.84. The van der Waals surface area contributed by atoms with Crippen LogP contribution in [0.3, 0.4) is 0 Å². The van der Waals surface area contributed by atoms with Crippen LogP contribution in [0.5, 0.6) is 0 Å². The van der Waals surface area contributed by atoms with Gasteiger partial charge in [0.1, 0.15) is 11.4 Å². The highest BCUT2D eigenvalue weighted by molar-refractivity contribution is 5.74. The van der Waals surface area contributed by atoms with Gasteiger partial charge in [-0.1, -0.05) is 26.3 Å². The second kappa shape index (κ2) is 4.48. The smallest absolute Gasteiger partial charge is 0.314 e. The van der Waals surface area contributed by atoms with Crippen molar-refractivity contribution in [2.24, 2.45) is 5.41 Å². The summed E-state index contributed by atoms with van der Waals surface area (Å²) in [6, 6.07) is 5.29. The summed E-state index contributed by atoms with van der Waals surface area (Å²) >= 11 is 0. The molecule has 0 amide bonds. The Hall–Kier alpha value is -1.78. The Bertz CT molecular complexity index is 471. The van der Waals surface area contributed by atoms with E-state index in [9.17, 15) is 10.1 Å². The highest BCUT2D eigenvalue weighted by Crippen LogP contribution is 2.41. The summed E-state index contributed by atoms with van der Waals surface area (Å²) in [5, 5.41) is 14.4. The van der Waals surface area contributed by atoms with Crippen molar-refractivity contribution in [1.82, 2.24) is 0 Å². The van der Waals surface area contributed by atoms with E-state index in [-0.39, 0.29) is 22.8 Å². The molecule has 1 aromatic carbocycles. The van der Waals surface area contributed by atoms with Gasteiger partial charge in [-0.05, 0) is 30.4 Å². The third-order valence-corrected chi connectivity index (χ3v) is 3.84. The molecule has 1 aliphatic rings. The minimum Gasteiger partial charge on any atom is -0.393 e. The van der Waals surface area contributed by atoms with Crippen molar-refractivity contribution in [3.05, 3.63) is 28.3 Å². The zero-order chi connectivity index (χ0) is 13.3. The average Bonchev–Trinajstić information content (AvgIpc) is 2.58. The first-order chi connectivity index (χ1) is 8.42. The van der Waals surface area contributed by atoms with E-state index in [0.29, 0.717) is 5.69 Å². The Balaban J connectivity index is 2.29. The first-order valence-electron chi connectivity index (χ1n) is 6.21. The summed E-state index contributed by atoms with van der Waals surface area (Å²) in [6.07, 6.45) is 3.33. The summed E-state index contributed by atoms with van der Waals surface area (Å²) in [6.45, 7) is 4.38. The van der Waals surface area contributed by atoms with Crippen molar-refractivity contribution >= 4 is 17.1 Å². The van der Waals surface area contributed by atoms with Gasteiger partial charge in [-0.2, -0.15) is 0 Å². The summed E-state index contributed by atoms with van der Waals surface area (Å²) in [5.74, 6) is 0. The van der Waals surface area contributed by atoms with E-state index in [1.54, 1.807) is 18.2 Å². The molecule has 1 aromatic rings. The monoisotopic (exact) mass is 249 g/mol. The molecule has 0 spiro atoms. The average molecular weight is 249 g/mol. The van der Waals surface area contributed by atoms with Gasteiger partial charge < -0.3 is 11.1 Å². The maximum atomic E-state index is 11.1. The Morgan fingerprint density at radius 3 is 2.78 bits per heavy atom. The Kier molecular flexibility index (Phi) is 3.15. The van der Waals surface area contributed by atoms with Gasteiger partial charge in [-0.15, -0.1) is 0 Å². The lowest BCUT2D eigenvalue weighted by Gasteiger charge is -2.28. The van der Waals surface area contributed by atoms with Crippen LogP contribution < -0.4 is 11.1 Å². The predicted octanol–water partition coefficient (Wildman–Crippen LogP) is 3.17. The largest absolute Gasteiger partial charge is 0.393 e. The molecule has 98 valence electrons. The van der Waals surface area contributed by atoms with Crippen LogP contribution in [-0.2, 0) is 0 Å². The number of nitrogen functional groups attached to an aromatic ring is 1. The van der Waals surface area contributed by atoms with Gasteiger partial charge in [0.25, 0.3) is 0 Å². The van der Waals surface area contributed by atoms with E-state index in [4.69, 9.17) is 5.73 Å². The van der Waals surface area contributed by atoms with Crippen LogP contribution in [0.25, 0.3) is 0 Å². The molecule has 18 heavy (non-hydrogen) atoms. The van der Waals surface area contributed by atoms with Gasteiger partial charge >= 0.3 is 5.69 Å². The molecule has 5 heteroatoms. The predicted molar refractivity (Wildman–Crippen MR) is 72.6 cm³/mol. The number of nitrogens with two attached hydrogens (primary N) is 1. The van der Waals surface area contributed by atoms with Gasteiger partial charge in [-0.3, -0.25) is 10.1 Å². The number of hydrogen-bond donors (Lipinski definition) is 2. The fourth-order valence-electron chi connectivity index (χ4n) is 2.66. The quantitative estimate of drug-likeness (QED) is 0.489. The molecule has 0 radical (unpaired) electrons. The summed E-state index contributed by atoms with van der Waals surface area (Å²) in [5.41, 5.74) is 6.57. The number of rotatable bonds is 3. The molecule has 0 bridgehead atoms. The zero-order valence-electron chi connectivity index (χ0n) is 10.8. The summed E-state index contributed by atoms with van der Waals surface area (Å²) < 4.78 is 0. The number of benzene rings is 1. The second-order valence-corrected chi connectivity index (χ2v) is 5.58. The van der Waals surface area contributed by atoms with Gasteiger partial charge in [-0.25, -0.2) is 0 Å². The van der Waals surface area contributed by atoms with E-state index in [1.807, 2.05) is 0 Å². The minimum atomic E-state index is -0.417. The van der Waals surface area contributed by atoms with Crippen molar-refractivity contribution < 1.29 is 4.92 Å². The molecular weight excluding hydrogens is 230 g/mol. The van der Waals surface area contributed by atoms with Crippen molar-refractivity contribution in [3.63, 3.8) is 0 Å². The number of anilines is 2. The molecule has 5 nitrogen and oxygen atoms in total. The van der Waals surface area contributed by atoms with Crippen LogP contribution in [0.1, 0.15) is 33.1 Å². The van der Waals surface area contributed by atoms with Crippen LogP contribution in [0.4, 0.5) is 17.1 Å². The lowest BCUT2D eigenvalue weighted by molar-refractivity contribution is -0.383. The number of nitro groups is 1. The van der Waals surface area contributed by atoms with Crippen LogP contribution >= 0.6 is 0 Å². The molecule has 3 N–H and O–H groups in total. The molecule has 0 heterocycles. The molecule has 0 aromatic heterocycles. The standard InChI is InChI=1S/C13H19N3O2/c1-13(2)8-4-7-11(13)15-10-6-3-5-9(14)12(10)16(17)18/h3,5-6,11,15H,4,7-8,14H2,1-2H3. The highest BCUT2D eigenvalue weighted by atomic mass is 16.6. The zero-order valence-corrected chi connectivity index (χ0v) is 10.8. The van der Waals surface area contributed by atoms with Crippen molar-refractivity contribution in [2.45, 2.75) is 39.2 Å². The topological polar surface area (TPSA) is 81.2 Å². The van der Waals surface area contributed by atoms with Crippen molar-refractivity contribution in [3.8, 4) is 0 Å². The number of nitrogens with zero attached hydrogens (tertiary/aromatic N) is 1. The van der Waals surface area contributed by atoms with Gasteiger partial charge in [0.15, 0.2) is 0 Å². The van der Waals surface area contributed by atoms with Crippen molar-refractivity contribution in [1.29, 1.82) is 0 Å². The van der Waals surface area contributed by atoms with E-state index in [1.165, 1.54) is 0 Å². The number of nitro benzene ring substituents is 1. The number of nitrogens with one attached hydrogen (secondary N) is 1. The van der Waals surface area contributed by atoms with Gasteiger partial charge in [0, 0.05) is 6.04 Å². The Morgan fingerprint density at radius 2 is 2.22 bits per heavy atom. The Morgan fingerprint density at radius 1 is 1.50 bits per heavy atom. The minimum absolute atomic E-state index is 0.0137. The molecule has 0 saturated heterocycles. The molecule has 1 unspecified atom stereocenters. The maximum absolute atomic E-state index is 11.1. The molecule has 1 atom stereocenters. The van der Waals surface area contributed by atoms with Crippen molar-refractivity contribution in [2.75, 3.05) is 11.1 Å². The Labute approximate surface area is 107 Å². The highest BCUT2D eigenvalue weighted by Gasteiger charge is 2.35. The summed E-state index contributed by atoms with van der Waals surface area (Å²) in [4.78, 5) is 10.6. The molecule has 2 rings (SSSR count). The lowest BCUT2D eigenvalue weighted by atomic mass is 9.87. The molecular formula is C13H19N3O2. The van der Waals surface area contributed by atoms with Crippen LogP contribution in [-0.4, -0.2) is 11.0 Å². The third kappa shape index (κ3) is 2.25. The fourth-order valence-corrected chi connectivity index (χ4v) is 2.66. The lowest BCUT2D eigenvalue weighted by Crippen LogP contribution is -2.31. The number of hydrogen-bond acceptors (Lipinski definition) is 4. The fraction of sp³-hybridized carbons (Fsp3) is 0.538. The van der Waals surface area contributed by atoms with E-state index >= 15 is 0 Å². The first kappa shape index (κ1) is 12.7. The SMILES string of the molecule is CC1(C)CCCC1Nc1cccc(N)c1[N+](=O)[O-]. The molecule has 1 saturated carbocycles. The van der Waals surface area contributed by atoms with Gasteiger partial charge in [0.05, 0.1) is 4.92 Å². The second-order valence-electron chi connectivity index (χ2n) is 5.58. The van der Waals surface area contributed by atoms with Gasteiger partial charge in [0.2, 0.25) is 0 Å². The molecule has 1 fully saturated rings. The first-order valence-corrected chi connectivity index (χ1v) is 6.21. The van der Waals surface area contributed by atoms with Crippen LogP contribution in [0.2, 0.25) is 0 Å².